The molecule has 0 amide bonds. The van der Waals surface area contributed by atoms with Gasteiger partial charge in [-0.2, -0.15) is 0 Å². The van der Waals surface area contributed by atoms with E-state index in [1.807, 2.05) is 29.8 Å². The lowest BCUT2D eigenvalue weighted by Crippen LogP contribution is -1.89. The second-order valence-corrected chi connectivity index (χ2v) is 4.58. The molecule has 0 N–H and O–H groups in total. The molecule has 0 bridgehead atoms. The molecule has 0 radical (unpaired) electrons. The van der Waals surface area contributed by atoms with Crippen molar-refractivity contribution in [2.75, 3.05) is 0 Å². The lowest BCUT2D eigenvalue weighted by Gasteiger charge is -2.04. The molecule has 0 saturated carbocycles. The maximum Gasteiger partial charge on any atom is 0.142 e. The van der Waals surface area contributed by atoms with Crippen molar-refractivity contribution in [3.8, 4) is 10.7 Å². The Bertz CT molecular complexity index is 629. The van der Waals surface area contributed by atoms with E-state index in [9.17, 15) is 0 Å². The molecule has 0 fully saturated rings. The molecule has 3 aromatic rings. The van der Waals surface area contributed by atoms with Crippen molar-refractivity contribution >= 4 is 22.2 Å². The minimum absolute atomic E-state index is 0.989. The molecule has 0 saturated heterocycles. The highest BCUT2D eigenvalue weighted by Gasteiger charge is 2.07. The van der Waals surface area contributed by atoms with Crippen molar-refractivity contribution in [1.82, 2.24) is 9.97 Å². The van der Waals surface area contributed by atoms with Crippen molar-refractivity contribution in [1.29, 1.82) is 0 Å². The van der Waals surface area contributed by atoms with Crippen molar-refractivity contribution < 1.29 is 0 Å². The Kier molecular flexibility index (Phi) is 2.18. The number of hydrogen-bond acceptors (Lipinski definition) is 3. The number of nitrogens with zero attached hydrogens (tertiary/aromatic N) is 2. The summed E-state index contributed by atoms with van der Waals surface area (Å²) in [5, 5.41) is 4.15. The largest absolute Gasteiger partial charge is 0.245 e. The predicted octanol–water partition coefficient (Wildman–Crippen LogP) is 3.67. The number of para-hydroxylation sites is 1. The zero-order valence-electron chi connectivity index (χ0n) is 8.84. The van der Waals surface area contributed by atoms with Crippen LogP contribution in [0.4, 0.5) is 0 Å². The Balaban J connectivity index is 2.30. The highest BCUT2D eigenvalue weighted by Crippen LogP contribution is 2.26. The monoisotopic (exact) mass is 226 g/mol. The topological polar surface area (TPSA) is 25.8 Å². The van der Waals surface area contributed by atoms with Gasteiger partial charge in [-0.1, -0.05) is 18.2 Å². The molecule has 0 aliphatic rings. The summed E-state index contributed by atoms with van der Waals surface area (Å²) in [6, 6.07) is 10.3. The Morgan fingerprint density at radius 3 is 2.88 bits per heavy atom. The number of hydrogen-bond donors (Lipinski definition) is 0. The van der Waals surface area contributed by atoms with Gasteiger partial charge in [0.15, 0.2) is 0 Å². The molecule has 0 atom stereocenters. The third kappa shape index (κ3) is 1.49. The molecule has 0 aliphatic heterocycles. The van der Waals surface area contributed by atoms with Gasteiger partial charge < -0.3 is 0 Å². The van der Waals surface area contributed by atoms with Gasteiger partial charge in [0.25, 0.3) is 0 Å². The fourth-order valence-electron chi connectivity index (χ4n) is 1.78. The molecule has 0 spiro atoms. The fourth-order valence-corrected chi connectivity index (χ4v) is 2.47. The van der Waals surface area contributed by atoms with Crippen LogP contribution in [0.5, 0.6) is 0 Å². The van der Waals surface area contributed by atoms with Gasteiger partial charge in [0, 0.05) is 17.0 Å². The molecule has 2 aromatic heterocycles. The number of benzene rings is 1. The van der Waals surface area contributed by atoms with Gasteiger partial charge in [-0.3, -0.25) is 0 Å². The first-order chi connectivity index (χ1) is 7.84. The summed E-state index contributed by atoms with van der Waals surface area (Å²) >= 11 is 1.63. The van der Waals surface area contributed by atoms with E-state index >= 15 is 0 Å². The standard InChI is InChI=1S/C13H10N2S/c1-9-8-10-4-2-3-5-11(10)15-12(9)13-14-6-7-16-13/h2-8H,1H3. The number of fused-ring (bicyclic) bond motifs is 1. The second-order valence-electron chi connectivity index (χ2n) is 3.68. The number of thiazole rings is 1. The third-order valence-corrected chi connectivity index (χ3v) is 3.33. The van der Waals surface area contributed by atoms with Crippen molar-refractivity contribution in [2.45, 2.75) is 6.92 Å². The van der Waals surface area contributed by atoms with Crippen molar-refractivity contribution in [3.63, 3.8) is 0 Å². The van der Waals surface area contributed by atoms with E-state index in [4.69, 9.17) is 0 Å². The number of aryl methyl sites for hydroxylation is 1. The molecule has 2 heterocycles. The molecular formula is C13H10N2S. The van der Waals surface area contributed by atoms with Gasteiger partial charge in [-0.05, 0) is 24.6 Å². The van der Waals surface area contributed by atoms with E-state index in [-0.39, 0.29) is 0 Å². The first-order valence-corrected chi connectivity index (χ1v) is 5.99. The van der Waals surface area contributed by atoms with Crippen LogP contribution in [0, 0.1) is 6.92 Å². The van der Waals surface area contributed by atoms with Crippen LogP contribution in [-0.4, -0.2) is 9.97 Å². The van der Waals surface area contributed by atoms with E-state index in [1.165, 1.54) is 10.9 Å². The molecule has 78 valence electrons. The molecule has 0 unspecified atom stereocenters. The molecule has 0 aliphatic carbocycles. The normalized spacial score (nSPS) is 10.8. The summed E-state index contributed by atoms with van der Waals surface area (Å²) in [5.41, 5.74) is 3.20. The zero-order valence-corrected chi connectivity index (χ0v) is 9.66. The van der Waals surface area contributed by atoms with Gasteiger partial charge in [-0.25, -0.2) is 9.97 Å². The summed E-state index contributed by atoms with van der Waals surface area (Å²) in [5.74, 6) is 0. The summed E-state index contributed by atoms with van der Waals surface area (Å²) in [4.78, 5) is 8.98. The van der Waals surface area contributed by atoms with E-state index < -0.39 is 0 Å². The molecule has 2 nitrogen and oxygen atoms in total. The Morgan fingerprint density at radius 2 is 2.06 bits per heavy atom. The van der Waals surface area contributed by atoms with Gasteiger partial charge in [0.1, 0.15) is 10.7 Å². The van der Waals surface area contributed by atoms with E-state index in [2.05, 4.69) is 29.0 Å². The van der Waals surface area contributed by atoms with Gasteiger partial charge in [-0.15, -0.1) is 11.3 Å². The van der Waals surface area contributed by atoms with Gasteiger partial charge in [0.05, 0.1) is 5.52 Å². The highest BCUT2D eigenvalue weighted by atomic mass is 32.1. The summed E-state index contributed by atoms with van der Waals surface area (Å²) in [6.45, 7) is 2.08. The first kappa shape index (κ1) is 9.48. The minimum atomic E-state index is 0.989. The quantitative estimate of drug-likeness (QED) is 0.632. The van der Waals surface area contributed by atoms with Crippen molar-refractivity contribution in [2.24, 2.45) is 0 Å². The Labute approximate surface area is 97.6 Å². The number of rotatable bonds is 1. The molecule has 3 rings (SSSR count). The van der Waals surface area contributed by atoms with Gasteiger partial charge >= 0.3 is 0 Å². The third-order valence-electron chi connectivity index (χ3n) is 2.55. The molecular weight excluding hydrogens is 216 g/mol. The van der Waals surface area contributed by atoms with Crippen LogP contribution in [0.2, 0.25) is 0 Å². The maximum absolute atomic E-state index is 4.67. The van der Waals surface area contributed by atoms with Crippen LogP contribution in [0.15, 0.2) is 41.9 Å². The van der Waals surface area contributed by atoms with Gasteiger partial charge in [0.2, 0.25) is 0 Å². The average molecular weight is 226 g/mol. The van der Waals surface area contributed by atoms with Crippen molar-refractivity contribution in [3.05, 3.63) is 47.5 Å². The summed E-state index contributed by atoms with van der Waals surface area (Å²) < 4.78 is 0. The summed E-state index contributed by atoms with van der Waals surface area (Å²) in [6.07, 6.45) is 1.82. The van der Waals surface area contributed by atoms with Crippen LogP contribution in [0.3, 0.4) is 0 Å². The van der Waals surface area contributed by atoms with Crippen LogP contribution in [0.25, 0.3) is 21.6 Å². The van der Waals surface area contributed by atoms with Crippen LogP contribution >= 0.6 is 11.3 Å². The fraction of sp³-hybridized carbons (Fsp3) is 0.0769. The lowest BCUT2D eigenvalue weighted by molar-refractivity contribution is 1.29. The predicted molar refractivity (Wildman–Crippen MR) is 67.6 cm³/mol. The minimum Gasteiger partial charge on any atom is -0.245 e. The second kappa shape index (κ2) is 3.68. The zero-order chi connectivity index (χ0) is 11.0. The van der Waals surface area contributed by atoms with Crippen LogP contribution in [0.1, 0.15) is 5.56 Å². The highest BCUT2D eigenvalue weighted by molar-refractivity contribution is 7.13. The average Bonchev–Trinajstić information content (AvgIpc) is 2.81. The van der Waals surface area contributed by atoms with E-state index in [0.717, 1.165) is 16.2 Å². The number of aromatic nitrogens is 2. The van der Waals surface area contributed by atoms with E-state index in [0.29, 0.717) is 0 Å². The maximum atomic E-state index is 4.67. The lowest BCUT2D eigenvalue weighted by atomic mass is 10.1. The van der Waals surface area contributed by atoms with Crippen LogP contribution < -0.4 is 0 Å². The molecule has 1 aromatic carbocycles. The first-order valence-electron chi connectivity index (χ1n) is 5.11. The van der Waals surface area contributed by atoms with Crippen LogP contribution in [-0.2, 0) is 0 Å². The molecule has 3 heteroatoms. The molecule has 16 heavy (non-hydrogen) atoms. The Morgan fingerprint density at radius 1 is 1.19 bits per heavy atom. The van der Waals surface area contributed by atoms with E-state index in [1.54, 1.807) is 11.3 Å². The Hall–Kier alpha value is -1.74. The summed E-state index contributed by atoms with van der Waals surface area (Å²) in [7, 11) is 0. The SMILES string of the molecule is Cc1cc2ccccc2nc1-c1nccs1. The smallest absolute Gasteiger partial charge is 0.142 e. The number of pyridine rings is 1.